The molecular formula is C10H10ClNS. The number of aryl methyl sites for hydroxylation is 1. The molecule has 1 aromatic heterocycles. The van der Waals surface area contributed by atoms with E-state index in [1.54, 1.807) is 6.20 Å². The lowest BCUT2D eigenvalue weighted by molar-refractivity contribution is 1.25. The summed E-state index contributed by atoms with van der Waals surface area (Å²) in [5.74, 6) is 6.77. The maximum absolute atomic E-state index is 5.77. The van der Waals surface area contributed by atoms with Crippen LogP contribution < -0.4 is 0 Å². The third-order valence-electron chi connectivity index (χ3n) is 1.48. The first-order valence-corrected chi connectivity index (χ1v) is 4.97. The van der Waals surface area contributed by atoms with E-state index < -0.39 is 0 Å². The minimum atomic E-state index is 0.541. The summed E-state index contributed by atoms with van der Waals surface area (Å²) in [5.41, 5.74) is 1.86. The Morgan fingerprint density at radius 3 is 3.00 bits per heavy atom. The van der Waals surface area contributed by atoms with E-state index in [4.69, 9.17) is 11.6 Å². The predicted molar refractivity (Wildman–Crippen MR) is 59.3 cm³/mol. The highest BCUT2D eigenvalue weighted by Crippen LogP contribution is 2.11. The van der Waals surface area contributed by atoms with Crippen molar-refractivity contribution in [3.05, 3.63) is 28.5 Å². The van der Waals surface area contributed by atoms with Gasteiger partial charge in [-0.2, -0.15) is 12.6 Å². The molecule has 0 atom stereocenters. The van der Waals surface area contributed by atoms with Gasteiger partial charge in [-0.25, -0.2) is 4.98 Å². The second-order valence-electron chi connectivity index (χ2n) is 2.61. The van der Waals surface area contributed by atoms with E-state index >= 15 is 0 Å². The van der Waals surface area contributed by atoms with Crippen LogP contribution in [-0.4, -0.2) is 10.7 Å². The monoisotopic (exact) mass is 211 g/mol. The van der Waals surface area contributed by atoms with Gasteiger partial charge in [-0.1, -0.05) is 23.4 Å². The largest absolute Gasteiger partial charge is 0.243 e. The van der Waals surface area contributed by atoms with Gasteiger partial charge in [-0.3, -0.25) is 0 Å². The SMILES string of the molecule is Cc1cc(C#CCCS)cnc1Cl. The highest BCUT2D eigenvalue weighted by Gasteiger charge is 1.95. The van der Waals surface area contributed by atoms with Crippen LogP contribution in [-0.2, 0) is 0 Å². The topological polar surface area (TPSA) is 12.9 Å². The predicted octanol–water partition coefficient (Wildman–Crippen LogP) is 2.71. The molecule has 1 aromatic rings. The summed E-state index contributed by atoms with van der Waals surface area (Å²) in [6, 6.07) is 1.93. The fourth-order valence-electron chi connectivity index (χ4n) is 0.847. The molecule has 13 heavy (non-hydrogen) atoms. The molecule has 1 heterocycles. The molecule has 1 rings (SSSR count). The van der Waals surface area contributed by atoms with Gasteiger partial charge in [0.05, 0.1) is 0 Å². The van der Waals surface area contributed by atoms with E-state index in [0.717, 1.165) is 23.3 Å². The minimum absolute atomic E-state index is 0.541. The van der Waals surface area contributed by atoms with Gasteiger partial charge in [0.25, 0.3) is 0 Å². The molecule has 0 aliphatic heterocycles. The van der Waals surface area contributed by atoms with E-state index in [9.17, 15) is 0 Å². The summed E-state index contributed by atoms with van der Waals surface area (Å²) in [4.78, 5) is 4.00. The Labute approximate surface area is 88.9 Å². The van der Waals surface area contributed by atoms with Crippen LogP contribution in [0, 0.1) is 18.8 Å². The van der Waals surface area contributed by atoms with Gasteiger partial charge < -0.3 is 0 Å². The molecule has 0 bridgehead atoms. The van der Waals surface area contributed by atoms with Crippen LogP contribution in [0.1, 0.15) is 17.5 Å². The minimum Gasteiger partial charge on any atom is -0.243 e. The fourth-order valence-corrected chi connectivity index (χ4v) is 1.06. The van der Waals surface area contributed by atoms with Crippen molar-refractivity contribution in [1.29, 1.82) is 0 Å². The van der Waals surface area contributed by atoms with Gasteiger partial charge in [-0.05, 0) is 18.6 Å². The van der Waals surface area contributed by atoms with Crippen molar-refractivity contribution in [2.75, 3.05) is 5.75 Å². The molecule has 68 valence electrons. The summed E-state index contributed by atoms with van der Waals surface area (Å²) in [6.45, 7) is 1.92. The van der Waals surface area contributed by atoms with Crippen molar-refractivity contribution in [2.45, 2.75) is 13.3 Å². The van der Waals surface area contributed by atoms with Gasteiger partial charge in [0.2, 0.25) is 0 Å². The molecular weight excluding hydrogens is 202 g/mol. The van der Waals surface area contributed by atoms with Gasteiger partial charge in [-0.15, -0.1) is 0 Å². The average molecular weight is 212 g/mol. The average Bonchev–Trinajstić information content (AvgIpc) is 2.12. The van der Waals surface area contributed by atoms with Crippen LogP contribution in [0.2, 0.25) is 5.15 Å². The van der Waals surface area contributed by atoms with E-state index in [1.165, 1.54) is 0 Å². The van der Waals surface area contributed by atoms with E-state index in [0.29, 0.717) is 5.15 Å². The first kappa shape index (κ1) is 10.4. The molecule has 0 saturated heterocycles. The Balaban J connectivity index is 2.81. The Bertz CT molecular complexity index is 352. The Morgan fingerprint density at radius 2 is 2.38 bits per heavy atom. The summed E-state index contributed by atoms with van der Waals surface area (Å²) in [7, 11) is 0. The smallest absolute Gasteiger partial charge is 0.132 e. The maximum atomic E-state index is 5.77. The number of hydrogen-bond acceptors (Lipinski definition) is 2. The molecule has 0 spiro atoms. The molecule has 0 amide bonds. The lowest BCUT2D eigenvalue weighted by Crippen LogP contribution is -1.83. The summed E-state index contributed by atoms with van der Waals surface area (Å²) >= 11 is 9.83. The number of halogens is 1. The Hall–Kier alpha value is -0.650. The second-order valence-corrected chi connectivity index (χ2v) is 3.41. The van der Waals surface area contributed by atoms with Crippen LogP contribution in [0.5, 0.6) is 0 Å². The molecule has 0 aromatic carbocycles. The number of rotatable bonds is 1. The van der Waals surface area contributed by atoms with Crippen molar-refractivity contribution < 1.29 is 0 Å². The van der Waals surface area contributed by atoms with Crippen LogP contribution in [0.4, 0.5) is 0 Å². The highest BCUT2D eigenvalue weighted by atomic mass is 35.5. The Morgan fingerprint density at radius 1 is 1.62 bits per heavy atom. The van der Waals surface area contributed by atoms with Crippen molar-refractivity contribution in [2.24, 2.45) is 0 Å². The third kappa shape index (κ3) is 3.30. The van der Waals surface area contributed by atoms with E-state index in [1.807, 2.05) is 13.0 Å². The van der Waals surface area contributed by atoms with Crippen LogP contribution >= 0.6 is 24.2 Å². The van der Waals surface area contributed by atoms with Crippen LogP contribution in [0.25, 0.3) is 0 Å². The molecule has 0 aliphatic rings. The van der Waals surface area contributed by atoms with Gasteiger partial charge >= 0.3 is 0 Å². The quantitative estimate of drug-likeness (QED) is 0.428. The molecule has 0 unspecified atom stereocenters. The van der Waals surface area contributed by atoms with E-state index in [-0.39, 0.29) is 0 Å². The number of aromatic nitrogens is 1. The van der Waals surface area contributed by atoms with Crippen molar-refractivity contribution in [1.82, 2.24) is 4.98 Å². The first-order valence-electron chi connectivity index (χ1n) is 3.96. The molecule has 1 nitrogen and oxygen atoms in total. The fraction of sp³-hybridized carbons (Fsp3) is 0.300. The van der Waals surface area contributed by atoms with Crippen molar-refractivity contribution in [3.8, 4) is 11.8 Å². The molecule has 3 heteroatoms. The zero-order valence-corrected chi connectivity index (χ0v) is 8.99. The van der Waals surface area contributed by atoms with Crippen molar-refractivity contribution in [3.63, 3.8) is 0 Å². The summed E-state index contributed by atoms with van der Waals surface area (Å²) in [6.07, 6.45) is 2.48. The summed E-state index contributed by atoms with van der Waals surface area (Å²) in [5, 5.41) is 0.541. The number of nitrogens with zero attached hydrogens (tertiary/aromatic N) is 1. The lowest BCUT2D eigenvalue weighted by Gasteiger charge is -1.95. The van der Waals surface area contributed by atoms with Crippen LogP contribution in [0.15, 0.2) is 12.3 Å². The number of pyridine rings is 1. The number of hydrogen-bond donors (Lipinski definition) is 1. The highest BCUT2D eigenvalue weighted by molar-refractivity contribution is 7.80. The third-order valence-corrected chi connectivity index (χ3v) is 2.10. The zero-order chi connectivity index (χ0) is 9.68. The number of thiol groups is 1. The summed E-state index contributed by atoms with van der Waals surface area (Å²) < 4.78 is 0. The molecule has 0 fully saturated rings. The zero-order valence-electron chi connectivity index (χ0n) is 7.34. The lowest BCUT2D eigenvalue weighted by atomic mass is 10.2. The first-order chi connectivity index (χ1) is 6.24. The standard InChI is InChI=1S/C10H10ClNS/c1-8-6-9(4-2-3-5-13)7-12-10(8)11/h6-7,13H,3,5H2,1H3. The molecule has 0 aliphatic carbocycles. The van der Waals surface area contributed by atoms with Gasteiger partial charge in [0.15, 0.2) is 0 Å². The molecule has 0 radical (unpaired) electrons. The molecule has 0 N–H and O–H groups in total. The van der Waals surface area contributed by atoms with E-state index in [2.05, 4.69) is 29.5 Å². The normalized spacial score (nSPS) is 9.15. The molecule has 0 saturated carbocycles. The van der Waals surface area contributed by atoms with Gasteiger partial charge in [0.1, 0.15) is 5.15 Å². The van der Waals surface area contributed by atoms with Crippen molar-refractivity contribution >= 4 is 24.2 Å². The maximum Gasteiger partial charge on any atom is 0.132 e. The van der Waals surface area contributed by atoms with Crippen LogP contribution in [0.3, 0.4) is 0 Å². The van der Waals surface area contributed by atoms with Gasteiger partial charge in [0, 0.05) is 23.9 Å². The second kappa shape index (κ2) is 5.16. The Kier molecular flexibility index (Phi) is 4.14.